The van der Waals surface area contributed by atoms with Gasteiger partial charge in [0.15, 0.2) is 0 Å². The molecular formula is C14H15N3O. The van der Waals surface area contributed by atoms with Crippen LogP contribution in [0.4, 0.5) is 0 Å². The van der Waals surface area contributed by atoms with E-state index in [1.54, 1.807) is 25.4 Å². The molecule has 0 saturated heterocycles. The maximum Gasteiger partial charge on any atom is 0.119 e. The van der Waals surface area contributed by atoms with E-state index in [2.05, 4.69) is 25.0 Å². The zero-order valence-corrected chi connectivity index (χ0v) is 10.7. The second-order valence-electron chi connectivity index (χ2n) is 4.33. The fourth-order valence-electron chi connectivity index (χ4n) is 1.75. The normalized spacial score (nSPS) is 10.4. The standard InChI is InChI=1S/C14H15N3O/c1-10(2)17-9-12(8-16-17)14-6-13(18-3)5-4-11(14)7-15/h4-6,8-10H,1-3H3. The number of nitrogens with zero attached hydrogens (tertiary/aromatic N) is 3. The van der Waals surface area contributed by atoms with Crippen molar-refractivity contribution in [2.75, 3.05) is 7.11 Å². The molecule has 0 amide bonds. The van der Waals surface area contributed by atoms with Gasteiger partial charge in [0.05, 0.1) is 24.9 Å². The van der Waals surface area contributed by atoms with Gasteiger partial charge in [0.2, 0.25) is 0 Å². The average Bonchev–Trinajstić information content (AvgIpc) is 2.87. The van der Waals surface area contributed by atoms with E-state index >= 15 is 0 Å². The SMILES string of the molecule is COc1ccc(C#N)c(-c2cnn(C(C)C)c2)c1. The molecule has 4 nitrogen and oxygen atoms in total. The van der Waals surface area contributed by atoms with Gasteiger partial charge < -0.3 is 4.74 Å². The topological polar surface area (TPSA) is 50.8 Å². The lowest BCUT2D eigenvalue weighted by Gasteiger charge is -2.05. The Kier molecular flexibility index (Phi) is 3.33. The van der Waals surface area contributed by atoms with Crippen molar-refractivity contribution in [2.45, 2.75) is 19.9 Å². The molecule has 18 heavy (non-hydrogen) atoms. The molecule has 0 saturated carbocycles. The van der Waals surface area contributed by atoms with Crippen LogP contribution in [0, 0.1) is 11.3 Å². The summed E-state index contributed by atoms with van der Waals surface area (Å²) < 4.78 is 7.06. The summed E-state index contributed by atoms with van der Waals surface area (Å²) in [6.45, 7) is 4.13. The molecule has 0 unspecified atom stereocenters. The highest BCUT2D eigenvalue weighted by molar-refractivity contribution is 5.71. The summed E-state index contributed by atoms with van der Waals surface area (Å²) >= 11 is 0. The number of methoxy groups -OCH3 is 1. The fourth-order valence-corrected chi connectivity index (χ4v) is 1.75. The molecule has 1 aromatic heterocycles. The number of hydrogen-bond acceptors (Lipinski definition) is 3. The Morgan fingerprint density at radius 1 is 1.39 bits per heavy atom. The monoisotopic (exact) mass is 241 g/mol. The number of ether oxygens (including phenoxy) is 1. The third-order valence-electron chi connectivity index (χ3n) is 2.79. The van der Waals surface area contributed by atoms with Gasteiger partial charge >= 0.3 is 0 Å². The number of hydrogen-bond donors (Lipinski definition) is 0. The summed E-state index contributed by atoms with van der Waals surface area (Å²) in [4.78, 5) is 0. The van der Waals surface area contributed by atoms with Crippen molar-refractivity contribution >= 4 is 0 Å². The molecule has 2 aromatic rings. The van der Waals surface area contributed by atoms with Crippen LogP contribution < -0.4 is 4.74 Å². The van der Waals surface area contributed by atoms with E-state index in [9.17, 15) is 0 Å². The Hall–Kier alpha value is -2.28. The highest BCUT2D eigenvalue weighted by Crippen LogP contribution is 2.27. The largest absolute Gasteiger partial charge is 0.497 e. The van der Waals surface area contributed by atoms with Crippen molar-refractivity contribution in [3.05, 3.63) is 36.2 Å². The van der Waals surface area contributed by atoms with Crippen LogP contribution in [0.25, 0.3) is 11.1 Å². The zero-order valence-electron chi connectivity index (χ0n) is 10.7. The van der Waals surface area contributed by atoms with Gasteiger partial charge in [-0.15, -0.1) is 0 Å². The molecule has 0 aliphatic carbocycles. The Morgan fingerprint density at radius 3 is 2.72 bits per heavy atom. The van der Waals surface area contributed by atoms with Crippen LogP contribution in [-0.2, 0) is 0 Å². The first-order valence-corrected chi connectivity index (χ1v) is 5.78. The Balaban J connectivity index is 2.51. The Labute approximate surface area is 106 Å². The second-order valence-corrected chi connectivity index (χ2v) is 4.33. The van der Waals surface area contributed by atoms with Gasteiger partial charge in [-0.2, -0.15) is 10.4 Å². The minimum absolute atomic E-state index is 0.301. The van der Waals surface area contributed by atoms with Gasteiger partial charge in [0.25, 0.3) is 0 Å². The molecular weight excluding hydrogens is 226 g/mol. The van der Waals surface area contributed by atoms with Crippen LogP contribution in [0.3, 0.4) is 0 Å². The first-order chi connectivity index (χ1) is 8.65. The van der Waals surface area contributed by atoms with Crippen LogP contribution >= 0.6 is 0 Å². The quantitative estimate of drug-likeness (QED) is 0.830. The van der Waals surface area contributed by atoms with Gasteiger partial charge in [0.1, 0.15) is 5.75 Å². The third kappa shape index (κ3) is 2.21. The predicted octanol–water partition coefficient (Wildman–Crippen LogP) is 3.01. The minimum Gasteiger partial charge on any atom is -0.497 e. The summed E-state index contributed by atoms with van der Waals surface area (Å²) in [6.07, 6.45) is 3.72. The lowest BCUT2D eigenvalue weighted by molar-refractivity contribution is 0.415. The van der Waals surface area contributed by atoms with Crippen LogP contribution in [0.5, 0.6) is 5.75 Å². The summed E-state index contributed by atoms with van der Waals surface area (Å²) in [6, 6.07) is 7.90. The highest BCUT2D eigenvalue weighted by Gasteiger charge is 2.10. The van der Waals surface area contributed by atoms with E-state index in [4.69, 9.17) is 10.00 Å². The molecule has 0 atom stereocenters. The van der Waals surface area contributed by atoms with E-state index in [1.165, 1.54) is 0 Å². The van der Waals surface area contributed by atoms with E-state index in [0.29, 0.717) is 11.6 Å². The summed E-state index contributed by atoms with van der Waals surface area (Å²) in [5.41, 5.74) is 2.40. The molecule has 1 aromatic carbocycles. The van der Waals surface area contributed by atoms with E-state index < -0.39 is 0 Å². The van der Waals surface area contributed by atoms with Crippen LogP contribution in [0.2, 0.25) is 0 Å². The maximum absolute atomic E-state index is 9.14. The molecule has 0 spiro atoms. The summed E-state index contributed by atoms with van der Waals surface area (Å²) in [7, 11) is 1.61. The predicted molar refractivity (Wildman–Crippen MR) is 69.3 cm³/mol. The summed E-state index contributed by atoms with van der Waals surface area (Å²) in [5, 5.41) is 13.4. The van der Waals surface area contributed by atoms with Crippen molar-refractivity contribution in [3.63, 3.8) is 0 Å². The van der Waals surface area contributed by atoms with Crippen molar-refractivity contribution < 1.29 is 4.74 Å². The molecule has 4 heteroatoms. The molecule has 0 fully saturated rings. The van der Waals surface area contributed by atoms with Crippen molar-refractivity contribution in [1.29, 1.82) is 5.26 Å². The number of nitriles is 1. The van der Waals surface area contributed by atoms with E-state index in [0.717, 1.165) is 16.9 Å². The maximum atomic E-state index is 9.14. The molecule has 0 radical (unpaired) electrons. The van der Waals surface area contributed by atoms with Crippen LogP contribution in [0.15, 0.2) is 30.6 Å². The molecule has 2 rings (SSSR count). The van der Waals surface area contributed by atoms with Crippen LogP contribution in [-0.4, -0.2) is 16.9 Å². The molecule has 0 aliphatic heterocycles. The Bertz CT molecular complexity index is 593. The Morgan fingerprint density at radius 2 is 2.17 bits per heavy atom. The lowest BCUT2D eigenvalue weighted by atomic mass is 10.0. The average molecular weight is 241 g/mol. The second kappa shape index (κ2) is 4.92. The molecule has 92 valence electrons. The third-order valence-corrected chi connectivity index (χ3v) is 2.79. The van der Waals surface area contributed by atoms with Crippen LogP contribution in [0.1, 0.15) is 25.5 Å². The fraction of sp³-hybridized carbons (Fsp3) is 0.286. The van der Waals surface area contributed by atoms with E-state index in [-0.39, 0.29) is 0 Å². The van der Waals surface area contributed by atoms with Gasteiger partial charge in [-0.05, 0) is 32.0 Å². The van der Waals surface area contributed by atoms with Crippen molar-refractivity contribution in [3.8, 4) is 22.9 Å². The molecule has 0 N–H and O–H groups in total. The van der Waals surface area contributed by atoms with Gasteiger partial charge in [-0.25, -0.2) is 0 Å². The minimum atomic E-state index is 0.301. The van der Waals surface area contributed by atoms with Gasteiger partial charge in [-0.1, -0.05) is 0 Å². The highest BCUT2D eigenvalue weighted by atomic mass is 16.5. The lowest BCUT2D eigenvalue weighted by Crippen LogP contribution is -1.99. The first kappa shape index (κ1) is 12.2. The smallest absolute Gasteiger partial charge is 0.119 e. The number of rotatable bonds is 3. The van der Waals surface area contributed by atoms with Crippen molar-refractivity contribution in [2.24, 2.45) is 0 Å². The summed E-state index contributed by atoms with van der Waals surface area (Å²) in [5.74, 6) is 0.737. The molecule has 1 heterocycles. The first-order valence-electron chi connectivity index (χ1n) is 5.78. The van der Waals surface area contributed by atoms with E-state index in [1.807, 2.05) is 16.9 Å². The number of aromatic nitrogens is 2. The van der Waals surface area contributed by atoms with Crippen molar-refractivity contribution in [1.82, 2.24) is 9.78 Å². The van der Waals surface area contributed by atoms with Gasteiger partial charge in [-0.3, -0.25) is 4.68 Å². The molecule has 0 bridgehead atoms. The molecule has 0 aliphatic rings. The van der Waals surface area contributed by atoms with Gasteiger partial charge in [0, 0.05) is 23.4 Å². The number of benzene rings is 1. The zero-order chi connectivity index (χ0) is 13.1.